The van der Waals surface area contributed by atoms with Gasteiger partial charge in [-0.25, -0.2) is 0 Å². The third-order valence-corrected chi connectivity index (χ3v) is 4.95. The molecule has 116 valence electrons. The number of fused-ring (bicyclic) bond motifs is 1. The van der Waals surface area contributed by atoms with Crippen LogP contribution in [0.5, 0.6) is 0 Å². The van der Waals surface area contributed by atoms with Gasteiger partial charge in [0.2, 0.25) is 11.3 Å². The number of carbonyl (C=O) groups is 1. The Balaban J connectivity index is 1.65. The number of para-hydroxylation sites is 1. The zero-order valence-corrected chi connectivity index (χ0v) is 13.1. The zero-order valence-electron chi connectivity index (χ0n) is 12.3. The Bertz CT molecular complexity index is 723. The molecule has 2 aromatic rings. The molecule has 2 heterocycles. The Kier molecular flexibility index (Phi) is 4.77. The van der Waals surface area contributed by atoms with Crippen LogP contribution in [-0.2, 0) is 11.3 Å². The van der Waals surface area contributed by atoms with Crippen LogP contribution in [0, 0.1) is 0 Å². The Hall–Kier alpha value is -1.82. The van der Waals surface area contributed by atoms with Crippen LogP contribution in [-0.4, -0.2) is 33.2 Å². The van der Waals surface area contributed by atoms with Crippen LogP contribution in [0.15, 0.2) is 35.3 Å². The number of amides is 1. The molecular formula is C16H19N3O2S. The minimum Gasteiger partial charge on any atom is -0.353 e. The fraction of sp³-hybridized carbons (Fsp3) is 0.438. The van der Waals surface area contributed by atoms with Gasteiger partial charge in [0.05, 0.1) is 18.3 Å². The van der Waals surface area contributed by atoms with Crippen molar-refractivity contribution in [2.75, 3.05) is 11.5 Å². The quantitative estimate of drug-likeness (QED) is 0.934. The molecule has 1 aromatic carbocycles. The van der Waals surface area contributed by atoms with Crippen LogP contribution >= 0.6 is 11.8 Å². The van der Waals surface area contributed by atoms with Gasteiger partial charge in [0.25, 0.3) is 0 Å². The predicted molar refractivity (Wildman–Crippen MR) is 89.1 cm³/mol. The van der Waals surface area contributed by atoms with E-state index in [2.05, 4.69) is 10.4 Å². The lowest BCUT2D eigenvalue weighted by Gasteiger charge is -2.22. The maximum absolute atomic E-state index is 12.1. The van der Waals surface area contributed by atoms with E-state index in [1.807, 2.05) is 30.0 Å². The van der Waals surface area contributed by atoms with E-state index in [1.165, 1.54) is 6.20 Å². The van der Waals surface area contributed by atoms with E-state index in [-0.39, 0.29) is 11.3 Å². The Morgan fingerprint density at radius 2 is 2.09 bits per heavy atom. The summed E-state index contributed by atoms with van der Waals surface area (Å²) < 4.78 is 1.73. The van der Waals surface area contributed by atoms with Crippen LogP contribution in [0.2, 0.25) is 0 Å². The van der Waals surface area contributed by atoms with Crippen molar-refractivity contribution in [1.29, 1.82) is 0 Å². The summed E-state index contributed by atoms with van der Waals surface area (Å²) in [6, 6.07) is 7.67. The molecule has 1 aliphatic heterocycles. The molecule has 0 spiro atoms. The molecular weight excluding hydrogens is 298 g/mol. The van der Waals surface area contributed by atoms with Crippen molar-refractivity contribution in [2.45, 2.75) is 31.8 Å². The summed E-state index contributed by atoms with van der Waals surface area (Å²) in [7, 11) is 0. The van der Waals surface area contributed by atoms with E-state index >= 15 is 0 Å². The third-order valence-electron chi connectivity index (χ3n) is 3.90. The molecule has 3 rings (SSSR count). The first-order chi connectivity index (χ1) is 10.7. The van der Waals surface area contributed by atoms with Gasteiger partial charge in [0, 0.05) is 17.8 Å². The van der Waals surface area contributed by atoms with Gasteiger partial charge in [-0.05, 0) is 36.5 Å². The Labute approximate surface area is 133 Å². The Morgan fingerprint density at radius 3 is 2.91 bits per heavy atom. The number of nitrogens with one attached hydrogen (secondary N) is 1. The van der Waals surface area contributed by atoms with Crippen molar-refractivity contribution in [3.05, 3.63) is 40.7 Å². The van der Waals surface area contributed by atoms with E-state index in [4.69, 9.17) is 0 Å². The standard InChI is InChI=1S/C16H19N3O2S/c20-15-11-17-19(14-4-2-1-3-13(14)15)8-5-16(21)18-12-6-9-22-10-7-12/h1-4,11-12H,5-10H2,(H,18,21). The number of rotatable bonds is 4. The number of aromatic nitrogens is 2. The second-order valence-corrected chi connectivity index (χ2v) is 6.68. The molecule has 6 heteroatoms. The summed E-state index contributed by atoms with van der Waals surface area (Å²) in [6.07, 6.45) is 3.80. The molecule has 0 aliphatic carbocycles. The van der Waals surface area contributed by atoms with Crippen LogP contribution < -0.4 is 10.7 Å². The van der Waals surface area contributed by atoms with Crippen molar-refractivity contribution in [1.82, 2.24) is 15.1 Å². The first-order valence-electron chi connectivity index (χ1n) is 7.56. The molecule has 1 aliphatic rings. The SMILES string of the molecule is O=C(CCn1ncc(=O)c2ccccc21)NC1CCSCC1. The molecule has 22 heavy (non-hydrogen) atoms. The topological polar surface area (TPSA) is 64.0 Å². The zero-order chi connectivity index (χ0) is 15.4. The summed E-state index contributed by atoms with van der Waals surface area (Å²) >= 11 is 1.94. The van der Waals surface area contributed by atoms with Crippen molar-refractivity contribution < 1.29 is 4.79 Å². The molecule has 5 nitrogen and oxygen atoms in total. The van der Waals surface area contributed by atoms with Gasteiger partial charge in [-0.2, -0.15) is 16.9 Å². The summed E-state index contributed by atoms with van der Waals surface area (Å²) in [6.45, 7) is 0.480. The highest BCUT2D eigenvalue weighted by atomic mass is 32.2. The molecule has 1 saturated heterocycles. The number of nitrogens with zero attached hydrogens (tertiary/aromatic N) is 2. The first kappa shape index (κ1) is 15.1. The smallest absolute Gasteiger partial charge is 0.222 e. The lowest BCUT2D eigenvalue weighted by molar-refractivity contribution is -0.122. The van der Waals surface area contributed by atoms with E-state index in [0.717, 1.165) is 29.9 Å². The number of hydrogen-bond acceptors (Lipinski definition) is 4. The average molecular weight is 317 g/mol. The van der Waals surface area contributed by atoms with Gasteiger partial charge in [0.15, 0.2) is 0 Å². The Morgan fingerprint density at radius 1 is 1.32 bits per heavy atom. The van der Waals surface area contributed by atoms with E-state index in [9.17, 15) is 9.59 Å². The number of aryl methyl sites for hydroxylation is 1. The second-order valence-electron chi connectivity index (χ2n) is 5.45. The summed E-state index contributed by atoms with van der Waals surface area (Å²) in [5, 5.41) is 7.88. The minimum absolute atomic E-state index is 0.0569. The summed E-state index contributed by atoms with van der Waals surface area (Å²) in [5.74, 6) is 2.30. The maximum atomic E-state index is 12.1. The highest BCUT2D eigenvalue weighted by molar-refractivity contribution is 7.99. The lowest BCUT2D eigenvalue weighted by Crippen LogP contribution is -2.37. The number of carbonyl (C=O) groups excluding carboxylic acids is 1. The highest BCUT2D eigenvalue weighted by Crippen LogP contribution is 2.17. The molecule has 0 bridgehead atoms. The molecule has 1 N–H and O–H groups in total. The summed E-state index contributed by atoms with van der Waals surface area (Å²) in [5.41, 5.74) is 0.688. The number of benzene rings is 1. The van der Waals surface area contributed by atoms with Gasteiger partial charge >= 0.3 is 0 Å². The molecule has 1 fully saturated rings. The largest absolute Gasteiger partial charge is 0.353 e. The highest BCUT2D eigenvalue weighted by Gasteiger charge is 2.16. The normalized spacial score (nSPS) is 15.8. The summed E-state index contributed by atoms with van der Waals surface area (Å²) in [4.78, 5) is 23.8. The molecule has 1 amide bonds. The molecule has 0 atom stereocenters. The molecule has 0 radical (unpaired) electrons. The van der Waals surface area contributed by atoms with Gasteiger partial charge in [-0.3, -0.25) is 14.3 Å². The second kappa shape index (κ2) is 6.96. The van der Waals surface area contributed by atoms with Crippen LogP contribution in [0.25, 0.3) is 10.9 Å². The van der Waals surface area contributed by atoms with Crippen molar-refractivity contribution in [3.8, 4) is 0 Å². The van der Waals surface area contributed by atoms with Gasteiger partial charge < -0.3 is 5.32 Å². The molecule has 0 saturated carbocycles. The predicted octanol–water partition coefficient (Wildman–Crippen LogP) is 1.80. The van der Waals surface area contributed by atoms with Crippen LogP contribution in [0.1, 0.15) is 19.3 Å². The van der Waals surface area contributed by atoms with E-state index in [1.54, 1.807) is 10.7 Å². The maximum Gasteiger partial charge on any atom is 0.222 e. The van der Waals surface area contributed by atoms with Crippen molar-refractivity contribution in [2.24, 2.45) is 0 Å². The molecule has 0 unspecified atom stereocenters. The van der Waals surface area contributed by atoms with E-state index in [0.29, 0.717) is 24.4 Å². The number of thioether (sulfide) groups is 1. The monoisotopic (exact) mass is 317 g/mol. The first-order valence-corrected chi connectivity index (χ1v) is 8.71. The third kappa shape index (κ3) is 3.50. The van der Waals surface area contributed by atoms with Crippen LogP contribution in [0.3, 0.4) is 0 Å². The minimum atomic E-state index is -0.0870. The lowest BCUT2D eigenvalue weighted by atomic mass is 10.1. The van der Waals surface area contributed by atoms with Gasteiger partial charge in [0.1, 0.15) is 0 Å². The average Bonchev–Trinajstić information content (AvgIpc) is 2.55. The van der Waals surface area contributed by atoms with Crippen LogP contribution in [0.4, 0.5) is 0 Å². The van der Waals surface area contributed by atoms with Crippen molar-refractivity contribution >= 4 is 28.6 Å². The van der Waals surface area contributed by atoms with Gasteiger partial charge in [-0.15, -0.1) is 0 Å². The van der Waals surface area contributed by atoms with Crippen molar-refractivity contribution in [3.63, 3.8) is 0 Å². The number of hydrogen-bond donors (Lipinski definition) is 1. The fourth-order valence-electron chi connectivity index (χ4n) is 2.69. The molecule has 1 aromatic heterocycles. The van der Waals surface area contributed by atoms with E-state index < -0.39 is 0 Å². The fourth-order valence-corrected chi connectivity index (χ4v) is 3.79. The van der Waals surface area contributed by atoms with Gasteiger partial charge in [-0.1, -0.05) is 12.1 Å².